The predicted octanol–water partition coefficient (Wildman–Crippen LogP) is 0.246. The molecule has 1 aliphatic rings. The Morgan fingerprint density at radius 2 is 2.59 bits per heavy atom. The van der Waals surface area contributed by atoms with Crippen molar-refractivity contribution in [3.8, 4) is 12.3 Å². The SMILES string of the molecule is C#CC(C)NC(=O)c1noc(C2CCCN2)n1. The van der Waals surface area contributed by atoms with Crippen molar-refractivity contribution in [2.75, 3.05) is 6.54 Å². The summed E-state index contributed by atoms with van der Waals surface area (Å²) in [7, 11) is 0. The van der Waals surface area contributed by atoms with Crippen molar-refractivity contribution >= 4 is 5.91 Å². The van der Waals surface area contributed by atoms with Gasteiger partial charge in [-0.2, -0.15) is 4.98 Å². The molecule has 0 aliphatic carbocycles. The lowest BCUT2D eigenvalue weighted by Crippen LogP contribution is -2.32. The fourth-order valence-electron chi connectivity index (χ4n) is 1.67. The highest BCUT2D eigenvalue weighted by Crippen LogP contribution is 2.20. The molecule has 6 heteroatoms. The lowest BCUT2D eigenvalue weighted by atomic mass is 10.2. The van der Waals surface area contributed by atoms with E-state index in [9.17, 15) is 4.79 Å². The molecule has 1 amide bonds. The number of terminal acetylenes is 1. The number of carbonyl (C=O) groups excluding carboxylic acids is 1. The van der Waals surface area contributed by atoms with Gasteiger partial charge in [0.05, 0.1) is 12.1 Å². The smallest absolute Gasteiger partial charge is 0.293 e. The molecule has 2 atom stereocenters. The summed E-state index contributed by atoms with van der Waals surface area (Å²) in [6, 6.07) is -0.289. The van der Waals surface area contributed by atoms with E-state index in [0.717, 1.165) is 19.4 Å². The molecular weight excluding hydrogens is 220 g/mol. The zero-order valence-corrected chi connectivity index (χ0v) is 9.56. The number of nitrogens with zero attached hydrogens (tertiary/aromatic N) is 2. The number of nitrogens with one attached hydrogen (secondary N) is 2. The lowest BCUT2D eigenvalue weighted by Gasteiger charge is -2.03. The summed E-state index contributed by atoms with van der Waals surface area (Å²) in [5.74, 6) is 2.47. The summed E-state index contributed by atoms with van der Waals surface area (Å²) in [6.07, 6.45) is 7.18. The van der Waals surface area contributed by atoms with Crippen LogP contribution >= 0.6 is 0 Å². The second-order valence-corrected chi connectivity index (χ2v) is 3.97. The molecule has 2 unspecified atom stereocenters. The lowest BCUT2D eigenvalue weighted by molar-refractivity contribution is 0.0934. The molecule has 90 valence electrons. The van der Waals surface area contributed by atoms with Gasteiger partial charge in [-0.25, -0.2) is 0 Å². The van der Waals surface area contributed by atoms with Crippen LogP contribution < -0.4 is 10.6 Å². The second kappa shape index (κ2) is 4.97. The van der Waals surface area contributed by atoms with Gasteiger partial charge >= 0.3 is 0 Å². The van der Waals surface area contributed by atoms with E-state index in [1.165, 1.54) is 0 Å². The number of aromatic nitrogens is 2. The van der Waals surface area contributed by atoms with Crippen molar-refractivity contribution < 1.29 is 9.32 Å². The van der Waals surface area contributed by atoms with E-state index >= 15 is 0 Å². The average Bonchev–Trinajstić information content (AvgIpc) is 2.98. The van der Waals surface area contributed by atoms with Crippen molar-refractivity contribution in [2.24, 2.45) is 0 Å². The molecule has 2 heterocycles. The van der Waals surface area contributed by atoms with Gasteiger partial charge in [0.2, 0.25) is 5.89 Å². The predicted molar refractivity (Wildman–Crippen MR) is 60.0 cm³/mol. The Bertz CT molecular complexity index is 443. The highest BCUT2D eigenvalue weighted by Gasteiger charge is 2.24. The summed E-state index contributed by atoms with van der Waals surface area (Å²) >= 11 is 0. The first-order valence-electron chi connectivity index (χ1n) is 5.54. The zero-order chi connectivity index (χ0) is 12.3. The van der Waals surface area contributed by atoms with Gasteiger partial charge in [-0.05, 0) is 26.3 Å². The average molecular weight is 234 g/mol. The van der Waals surface area contributed by atoms with Gasteiger partial charge in [0.25, 0.3) is 11.7 Å². The second-order valence-electron chi connectivity index (χ2n) is 3.97. The van der Waals surface area contributed by atoms with Gasteiger partial charge < -0.3 is 15.2 Å². The van der Waals surface area contributed by atoms with Crippen molar-refractivity contribution in [3.63, 3.8) is 0 Å². The highest BCUT2D eigenvalue weighted by molar-refractivity contribution is 5.90. The summed E-state index contributed by atoms with van der Waals surface area (Å²) in [5.41, 5.74) is 0. The minimum absolute atomic E-state index is 0.0239. The standard InChI is InChI=1S/C11H14N4O2/c1-3-7(2)13-10(16)9-14-11(17-15-9)8-5-4-6-12-8/h1,7-8,12H,4-6H2,2H3,(H,13,16). The van der Waals surface area contributed by atoms with Crippen molar-refractivity contribution in [1.29, 1.82) is 0 Å². The van der Waals surface area contributed by atoms with Crippen LogP contribution in [0.3, 0.4) is 0 Å². The maximum absolute atomic E-state index is 11.6. The van der Waals surface area contributed by atoms with Crippen molar-refractivity contribution in [1.82, 2.24) is 20.8 Å². The van der Waals surface area contributed by atoms with E-state index in [2.05, 4.69) is 26.7 Å². The number of carbonyl (C=O) groups is 1. The monoisotopic (exact) mass is 234 g/mol. The topological polar surface area (TPSA) is 80.0 Å². The quantitative estimate of drug-likeness (QED) is 0.733. The first-order valence-corrected chi connectivity index (χ1v) is 5.54. The van der Waals surface area contributed by atoms with Crippen LogP contribution in [0.15, 0.2) is 4.52 Å². The highest BCUT2D eigenvalue weighted by atomic mass is 16.5. The van der Waals surface area contributed by atoms with Crippen LogP contribution in [0.2, 0.25) is 0 Å². The van der Waals surface area contributed by atoms with E-state index < -0.39 is 5.91 Å². The maximum Gasteiger partial charge on any atom is 0.293 e. The summed E-state index contributed by atoms with van der Waals surface area (Å²) < 4.78 is 5.05. The minimum Gasteiger partial charge on any atom is -0.337 e. The molecule has 0 bridgehead atoms. The van der Waals surface area contributed by atoms with E-state index in [0.29, 0.717) is 5.89 Å². The van der Waals surface area contributed by atoms with E-state index in [1.807, 2.05) is 0 Å². The molecule has 1 fully saturated rings. The van der Waals surface area contributed by atoms with Crippen molar-refractivity contribution in [3.05, 3.63) is 11.7 Å². The maximum atomic E-state index is 11.6. The number of amides is 1. The fraction of sp³-hybridized carbons (Fsp3) is 0.545. The zero-order valence-electron chi connectivity index (χ0n) is 9.56. The van der Waals surface area contributed by atoms with Gasteiger partial charge in [-0.15, -0.1) is 6.42 Å². The molecule has 0 radical (unpaired) electrons. The third-order valence-corrected chi connectivity index (χ3v) is 2.60. The molecule has 0 aromatic carbocycles. The van der Waals surface area contributed by atoms with E-state index in [-0.39, 0.29) is 17.9 Å². The van der Waals surface area contributed by atoms with Crippen LogP contribution in [-0.2, 0) is 0 Å². The Kier molecular flexibility index (Phi) is 3.40. The Morgan fingerprint density at radius 1 is 1.76 bits per heavy atom. The summed E-state index contributed by atoms with van der Waals surface area (Å²) in [6.45, 7) is 2.64. The number of rotatable bonds is 3. The molecule has 17 heavy (non-hydrogen) atoms. The molecule has 2 N–H and O–H groups in total. The normalized spacial score (nSPS) is 20.8. The largest absolute Gasteiger partial charge is 0.337 e. The molecule has 6 nitrogen and oxygen atoms in total. The first-order chi connectivity index (χ1) is 8.20. The first kappa shape index (κ1) is 11.6. The van der Waals surface area contributed by atoms with Gasteiger partial charge in [-0.1, -0.05) is 11.1 Å². The molecule has 0 saturated carbocycles. The summed E-state index contributed by atoms with van der Waals surface area (Å²) in [4.78, 5) is 15.7. The minimum atomic E-state index is -0.413. The fourth-order valence-corrected chi connectivity index (χ4v) is 1.67. The third kappa shape index (κ3) is 2.63. The summed E-state index contributed by atoms with van der Waals surface area (Å²) in [5, 5.41) is 9.43. The Hall–Kier alpha value is -1.87. The third-order valence-electron chi connectivity index (χ3n) is 2.60. The Labute approximate surface area is 99.2 Å². The van der Waals surface area contributed by atoms with Gasteiger partial charge in [-0.3, -0.25) is 4.79 Å². The molecule has 2 rings (SSSR count). The van der Waals surface area contributed by atoms with Crippen LogP contribution in [0.1, 0.15) is 42.3 Å². The van der Waals surface area contributed by atoms with Gasteiger partial charge in [0, 0.05) is 0 Å². The van der Waals surface area contributed by atoms with Crippen LogP contribution in [0.25, 0.3) is 0 Å². The van der Waals surface area contributed by atoms with Crippen LogP contribution in [-0.4, -0.2) is 28.6 Å². The van der Waals surface area contributed by atoms with E-state index in [1.54, 1.807) is 6.92 Å². The van der Waals surface area contributed by atoms with Crippen molar-refractivity contribution in [2.45, 2.75) is 31.8 Å². The van der Waals surface area contributed by atoms with Gasteiger partial charge in [0.15, 0.2) is 0 Å². The Morgan fingerprint density at radius 3 is 3.24 bits per heavy atom. The molecule has 1 aromatic heterocycles. The molecule has 1 saturated heterocycles. The number of hydrogen-bond acceptors (Lipinski definition) is 5. The number of hydrogen-bond donors (Lipinski definition) is 2. The van der Waals surface area contributed by atoms with Crippen LogP contribution in [0, 0.1) is 12.3 Å². The molecule has 0 spiro atoms. The molecule has 1 aliphatic heterocycles. The van der Waals surface area contributed by atoms with E-state index in [4.69, 9.17) is 10.9 Å². The molecular formula is C11H14N4O2. The molecule has 1 aromatic rings. The van der Waals surface area contributed by atoms with Crippen LogP contribution in [0.5, 0.6) is 0 Å². The van der Waals surface area contributed by atoms with Crippen LogP contribution in [0.4, 0.5) is 0 Å². The Balaban J connectivity index is 2.02. The van der Waals surface area contributed by atoms with Gasteiger partial charge in [0.1, 0.15) is 0 Å².